The fourth-order valence-electron chi connectivity index (χ4n) is 2.75. The van der Waals surface area contributed by atoms with E-state index < -0.39 is 6.36 Å². The van der Waals surface area contributed by atoms with Crippen LogP contribution < -0.4 is 24.8 Å². The van der Waals surface area contributed by atoms with E-state index in [9.17, 15) is 18.0 Å². The van der Waals surface area contributed by atoms with Crippen molar-refractivity contribution in [2.24, 2.45) is 0 Å². The van der Waals surface area contributed by atoms with Crippen molar-refractivity contribution < 1.29 is 32.2 Å². The molecule has 33 heavy (non-hydrogen) atoms. The molecule has 0 saturated carbocycles. The van der Waals surface area contributed by atoms with Gasteiger partial charge in [-0.15, -0.1) is 23.4 Å². The van der Waals surface area contributed by atoms with Gasteiger partial charge in [-0.2, -0.15) is 0 Å². The monoisotopic (exact) mass is 498 g/mol. The van der Waals surface area contributed by atoms with Crippen LogP contribution in [0, 0.1) is 0 Å². The van der Waals surface area contributed by atoms with Crippen LogP contribution in [0.5, 0.6) is 17.2 Å². The Morgan fingerprint density at radius 2 is 1.79 bits per heavy atom. The predicted molar refractivity (Wildman–Crippen MR) is 118 cm³/mol. The topological polar surface area (TPSA) is 94.6 Å². The molecule has 0 aliphatic carbocycles. The quantitative estimate of drug-likeness (QED) is 0.436. The maximum absolute atomic E-state index is 12.3. The molecule has 1 aliphatic heterocycles. The molecule has 0 radical (unpaired) electrons. The van der Waals surface area contributed by atoms with Gasteiger partial charge in [-0.05, 0) is 36.4 Å². The van der Waals surface area contributed by atoms with Crippen LogP contribution in [0.25, 0.3) is 0 Å². The first-order chi connectivity index (χ1) is 15.8. The van der Waals surface area contributed by atoms with E-state index in [1.54, 1.807) is 18.2 Å². The number of alkyl halides is 3. The Bertz CT molecular complexity index is 1110. The number of fused-ring (bicyclic) bond motifs is 1. The van der Waals surface area contributed by atoms with Gasteiger partial charge in [0.05, 0.1) is 19.0 Å². The van der Waals surface area contributed by atoms with Crippen LogP contribution in [0.15, 0.2) is 46.8 Å². The molecule has 3 aromatic rings. The van der Waals surface area contributed by atoms with Crippen molar-refractivity contribution in [3.63, 3.8) is 0 Å². The summed E-state index contributed by atoms with van der Waals surface area (Å²) in [6.07, 6.45) is -3.95. The third-order valence-electron chi connectivity index (χ3n) is 4.10. The molecule has 0 unspecified atom stereocenters. The van der Waals surface area contributed by atoms with Crippen molar-refractivity contribution in [1.29, 1.82) is 0 Å². The van der Waals surface area contributed by atoms with Gasteiger partial charge >= 0.3 is 6.36 Å². The summed E-state index contributed by atoms with van der Waals surface area (Å²) < 4.78 is 52.3. The minimum absolute atomic E-state index is 0.118. The first-order valence-electron chi connectivity index (χ1n) is 9.63. The Hall–Kier alpha value is -3.19. The molecule has 174 valence electrons. The minimum atomic E-state index is -4.74. The molecule has 0 atom stereocenters. The van der Waals surface area contributed by atoms with E-state index >= 15 is 0 Å². The van der Waals surface area contributed by atoms with E-state index in [0.717, 1.165) is 6.42 Å². The second kappa shape index (κ2) is 10.2. The van der Waals surface area contributed by atoms with Gasteiger partial charge in [0.1, 0.15) is 5.75 Å². The molecule has 2 heterocycles. The van der Waals surface area contributed by atoms with Crippen molar-refractivity contribution in [2.45, 2.75) is 17.1 Å². The van der Waals surface area contributed by atoms with Gasteiger partial charge in [-0.1, -0.05) is 23.1 Å². The zero-order chi connectivity index (χ0) is 23.3. The van der Waals surface area contributed by atoms with E-state index in [-0.39, 0.29) is 17.4 Å². The molecule has 2 N–H and O–H groups in total. The minimum Gasteiger partial charge on any atom is -0.490 e. The maximum Gasteiger partial charge on any atom is 0.573 e. The van der Waals surface area contributed by atoms with Crippen molar-refractivity contribution in [3.8, 4) is 17.2 Å². The van der Waals surface area contributed by atoms with Crippen LogP contribution in [0.3, 0.4) is 0 Å². The number of aromatic nitrogens is 2. The van der Waals surface area contributed by atoms with Crippen LogP contribution in [-0.2, 0) is 4.79 Å². The summed E-state index contributed by atoms with van der Waals surface area (Å²) in [6.45, 7) is 1.14. The first-order valence-corrected chi connectivity index (χ1v) is 11.4. The lowest BCUT2D eigenvalue weighted by molar-refractivity contribution is -0.274. The molecule has 0 fully saturated rings. The zero-order valence-electron chi connectivity index (χ0n) is 16.8. The molecule has 1 amide bonds. The Labute approximate surface area is 194 Å². The molecule has 2 aromatic carbocycles. The lowest BCUT2D eigenvalue weighted by Crippen LogP contribution is -2.16. The van der Waals surface area contributed by atoms with Crippen molar-refractivity contribution in [3.05, 3.63) is 42.5 Å². The third kappa shape index (κ3) is 6.89. The van der Waals surface area contributed by atoms with Gasteiger partial charge in [0.2, 0.25) is 11.0 Å². The first kappa shape index (κ1) is 23.0. The van der Waals surface area contributed by atoms with Gasteiger partial charge in [0, 0.05) is 23.9 Å². The van der Waals surface area contributed by atoms with E-state index in [4.69, 9.17) is 9.47 Å². The van der Waals surface area contributed by atoms with Gasteiger partial charge < -0.3 is 24.8 Å². The number of anilines is 3. The smallest absolute Gasteiger partial charge is 0.490 e. The summed E-state index contributed by atoms with van der Waals surface area (Å²) >= 11 is 2.42. The number of rotatable bonds is 7. The average molecular weight is 499 g/mol. The largest absolute Gasteiger partial charge is 0.573 e. The van der Waals surface area contributed by atoms with Crippen LogP contribution in [-0.4, -0.2) is 41.4 Å². The number of ether oxygens (including phenoxy) is 3. The highest BCUT2D eigenvalue weighted by atomic mass is 32.2. The zero-order valence-corrected chi connectivity index (χ0v) is 18.5. The predicted octanol–water partition coefficient (Wildman–Crippen LogP) is 5.07. The molecule has 8 nitrogen and oxygen atoms in total. The van der Waals surface area contributed by atoms with Crippen LogP contribution in [0.1, 0.15) is 6.42 Å². The Morgan fingerprint density at radius 3 is 2.55 bits per heavy atom. The van der Waals surface area contributed by atoms with Gasteiger partial charge in [0.15, 0.2) is 15.8 Å². The lowest BCUT2D eigenvalue weighted by Gasteiger charge is -2.10. The summed E-state index contributed by atoms with van der Waals surface area (Å²) in [5, 5.41) is 14.2. The molecule has 1 aliphatic rings. The molecule has 0 spiro atoms. The molecule has 0 saturated heterocycles. The Kier molecular flexibility index (Phi) is 7.08. The van der Waals surface area contributed by atoms with Crippen LogP contribution in [0.4, 0.5) is 29.7 Å². The fraction of sp³-hybridized carbons (Fsp3) is 0.250. The number of carbonyl (C=O) groups is 1. The average Bonchev–Trinajstić information content (AvgIpc) is 3.07. The number of nitrogens with zero attached hydrogens (tertiary/aromatic N) is 2. The maximum atomic E-state index is 12.3. The number of hydrogen-bond acceptors (Lipinski definition) is 9. The number of halogens is 3. The van der Waals surface area contributed by atoms with Crippen LogP contribution in [0.2, 0.25) is 0 Å². The number of thioether (sulfide) groups is 1. The standard InChI is InChI=1S/C20H17F3N4O4S2/c21-20(22,23)31-14-5-2-12(3-6-14)25-18-26-27-19(33-18)32-11-17(28)24-13-4-7-15-16(10-13)30-9-1-8-29-15/h2-7,10H,1,8-9,11H2,(H,24,28)(H,25,26). The number of hydrogen-bond donors (Lipinski definition) is 2. The highest BCUT2D eigenvalue weighted by Gasteiger charge is 2.31. The fourth-order valence-corrected chi connectivity index (χ4v) is 4.32. The van der Waals surface area contributed by atoms with E-state index in [0.29, 0.717) is 45.6 Å². The molecule has 13 heteroatoms. The highest BCUT2D eigenvalue weighted by molar-refractivity contribution is 8.01. The second-order valence-corrected chi connectivity index (χ2v) is 8.82. The summed E-state index contributed by atoms with van der Waals surface area (Å²) in [7, 11) is 0. The Balaban J connectivity index is 1.26. The second-order valence-electron chi connectivity index (χ2n) is 6.62. The number of amides is 1. The molecule has 1 aromatic heterocycles. The van der Waals surface area contributed by atoms with Gasteiger partial charge in [0.25, 0.3) is 0 Å². The summed E-state index contributed by atoms with van der Waals surface area (Å²) in [5.74, 6) is 0.819. The van der Waals surface area contributed by atoms with E-state index in [1.807, 2.05) is 0 Å². The van der Waals surface area contributed by atoms with Crippen molar-refractivity contribution >= 4 is 45.5 Å². The van der Waals surface area contributed by atoms with Crippen molar-refractivity contribution in [1.82, 2.24) is 10.2 Å². The number of carbonyl (C=O) groups excluding carboxylic acids is 1. The molecular weight excluding hydrogens is 481 g/mol. The summed E-state index contributed by atoms with van der Waals surface area (Å²) in [6, 6.07) is 10.5. The normalized spacial score (nSPS) is 13.2. The number of nitrogens with one attached hydrogen (secondary N) is 2. The SMILES string of the molecule is O=C(CSc1nnc(Nc2ccc(OC(F)(F)F)cc2)s1)Nc1ccc2c(c1)OCCCO2. The lowest BCUT2D eigenvalue weighted by atomic mass is 10.2. The molecule has 4 rings (SSSR count). The van der Waals surface area contributed by atoms with Crippen LogP contribution >= 0.6 is 23.1 Å². The van der Waals surface area contributed by atoms with E-state index in [1.165, 1.54) is 47.4 Å². The summed E-state index contributed by atoms with van der Waals surface area (Å²) in [5.41, 5.74) is 1.12. The summed E-state index contributed by atoms with van der Waals surface area (Å²) in [4.78, 5) is 12.3. The highest BCUT2D eigenvalue weighted by Crippen LogP contribution is 2.33. The Morgan fingerprint density at radius 1 is 1.06 bits per heavy atom. The molecular formula is C20H17F3N4O4S2. The molecule has 0 bridgehead atoms. The number of benzene rings is 2. The van der Waals surface area contributed by atoms with Gasteiger partial charge in [-0.3, -0.25) is 4.79 Å². The third-order valence-corrected chi connectivity index (χ3v) is 6.08. The van der Waals surface area contributed by atoms with E-state index in [2.05, 4.69) is 25.6 Å². The van der Waals surface area contributed by atoms with Gasteiger partial charge in [-0.25, -0.2) is 0 Å². The van der Waals surface area contributed by atoms with Crippen molar-refractivity contribution in [2.75, 3.05) is 29.6 Å².